The molecule has 3 aliphatic rings. The summed E-state index contributed by atoms with van der Waals surface area (Å²) in [6, 6.07) is 9.70. The van der Waals surface area contributed by atoms with Crippen LogP contribution >= 0.6 is 0 Å². The standard InChI is InChI=1S/C25H22N4O7/c30-20-8-7-19(21(31)26-20)29-23(33)17-6-5-16(13-18(17)24(29)34)27-9-11-28(12-10-27)22(32)14-1-3-15(4-2-14)25(35)36/h1-6,13,19H,7-12H2,(H,35,36)(H,26,30,31). The number of hydrogen-bond acceptors (Lipinski definition) is 7. The van der Waals surface area contributed by atoms with Gasteiger partial charge < -0.3 is 14.9 Å². The van der Waals surface area contributed by atoms with Gasteiger partial charge in [-0.1, -0.05) is 0 Å². The highest BCUT2D eigenvalue weighted by atomic mass is 16.4. The average molecular weight is 490 g/mol. The molecule has 2 aromatic carbocycles. The first-order chi connectivity index (χ1) is 17.2. The minimum Gasteiger partial charge on any atom is -0.478 e. The van der Waals surface area contributed by atoms with Crippen LogP contribution in [-0.4, -0.2) is 82.6 Å². The maximum absolute atomic E-state index is 13.1. The van der Waals surface area contributed by atoms with Gasteiger partial charge in [0, 0.05) is 43.9 Å². The smallest absolute Gasteiger partial charge is 0.335 e. The van der Waals surface area contributed by atoms with Gasteiger partial charge >= 0.3 is 5.97 Å². The predicted molar refractivity (Wildman–Crippen MR) is 125 cm³/mol. The van der Waals surface area contributed by atoms with E-state index < -0.39 is 35.6 Å². The fourth-order valence-corrected chi connectivity index (χ4v) is 4.76. The lowest BCUT2D eigenvalue weighted by molar-refractivity contribution is -0.136. The van der Waals surface area contributed by atoms with Gasteiger partial charge in [-0.25, -0.2) is 4.79 Å². The summed E-state index contributed by atoms with van der Waals surface area (Å²) in [7, 11) is 0. The molecule has 0 aromatic heterocycles. The number of carboxylic acid groups (broad SMARTS) is 1. The molecule has 11 heteroatoms. The number of carbonyl (C=O) groups excluding carboxylic acids is 5. The van der Waals surface area contributed by atoms with Crippen molar-refractivity contribution in [2.24, 2.45) is 0 Å². The van der Waals surface area contributed by atoms with Gasteiger partial charge in [0.05, 0.1) is 16.7 Å². The summed E-state index contributed by atoms with van der Waals surface area (Å²) in [5, 5.41) is 11.2. The number of imide groups is 2. The van der Waals surface area contributed by atoms with Crippen molar-refractivity contribution in [3.8, 4) is 0 Å². The van der Waals surface area contributed by atoms with Crippen molar-refractivity contribution < 1.29 is 33.9 Å². The number of piperidine rings is 1. The highest BCUT2D eigenvalue weighted by molar-refractivity contribution is 6.23. The van der Waals surface area contributed by atoms with Crippen molar-refractivity contribution in [3.63, 3.8) is 0 Å². The lowest BCUT2D eigenvalue weighted by Crippen LogP contribution is -2.54. The Kier molecular flexibility index (Phi) is 5.75. The Morgan fingerprint density at radius 1 is 0.833 bits per heavy atom. The Balaban J connectivity index is 1.26. The summed E-state index contributed by atoms with van der Waals surface area (Å²) < 4.78 is 0. The zero-order chi connectivity index (χ0) is 25.6. The molecule has 1 unspecified atom stereocenters. The van der Waals surface area contributed by atoms with Crippen LogP contribution in [0.25, 0.3) is 0 Å². The number of carboxylic acids is 1. The fourth-order valence-electron chi connectivity index (χ4n) is 4.76. The molecule has 2 fully saturated rings. The highest BCUT2D eigenvalue weighted by Gasteiger charge is 2.44. The average Bonchev–Trinajstić information content (AvgIpc) is 3.13. The molecule has 11 nitrogen and oxygen atoms in total. The number of aromatic carboxylic acids is 1. The summed E-state index contributed by atoms with van der Waals surface area (Å²) in [6.07, 6.45) is 0.153. The van der Waals surface area contributed by atoms with Gasteiger partial charge in [-0.2, -0.15) is 0 Å². The topological polar surface area (TPSA) is 144 Å². The van der Waals surface area contributed by atoms with Crippen LogP contribution in [0.2, 0.25) is 0 Å². The number of anilines is 1. The number of nitrogens with zero attached hydrogens (tertiary/aromatic N) is 3. The maximum Gasteiger partial charge on any atom is 0.335 e. The summed E-state index contributed by atoms with van der Waals surface area (Å²) in [5.41, 5.74) is 1.66. The van der Waals surface area contributed by atoms with Crippen LogP contribution < -0.4 is 10.2 Å². The first-order valence-electron chi connectivity index (χ1n) is 11.5. The molecule has 2 N–H and O–H groups in total. The van der Waals surface area contributed by atoms with Gasteiger partial charge in [0.2, 0.25) is 11.8 Å². The van der Waals surface area contributed by atoms with Gasteiger partial charge in [0.15, 0.2) is 0 Å². The first-order valence-corrected chi connectivity index (χ1v) is 11.5. The van der Waals surface area contributed by atoms with Crippen LogP contribution in [0.1, 0.15) is 54.3 Å². The van der Waals surface area contributed by atoms with E-state index in [4.69, 9.17) is 5.11 Å². The largest absolute Gasteiger partial charge is 0.478 e. The van der Waals surface area contributed by atoms with Crippen molar-refractivity contribution in [3.05, 3.63) is 64.7 Å². The molecule has 184 valence electrons. The summed E-state index contributed by atoms with van der Waals surface area (Å²) >= 11 is 0. The Labute approximate surface area is 205 Å². The molecule has 5 rings (SSSR count). The summed E-state index contributed by atoms with van der Waals surface area (Å²) in [6.45, 7) is 1.84. The highest BCUT2D eigenvalue weighted by Crippen LogP contribution is 2.31. The molecular weight excluding hydrogens is 468 g/mol. The van der Waals surface area contributed by atoms with Gasteiger partial charge in [-0.05, 0) is 48.9 Å². The van der Waals surface area contributed by atoms with E-state index in [1.807, 2.05) is 4.90 Å². The van der Waals surface area contributed by atoms with Crippen molar-refractivity contribution in [2.75, 3.05) is 31.1 Å². The third-order valence-corrected chi connectivity index (χ3v) is 6.73. The number of rotatable bonds is 4. The lowest BCUT2D eigenvalue weighted by atomic mass is 10.0. The number of carbonyl (C=O) groups is 6. The molecule has 0 saturated carbocycles. The van der Waals surface area contributed by atoms with Crippen LogP contribution in [-0.2, 0) is 9.59 Å². The van der Waals surface area contributed by atoms with Crippen LogP contribution in [0.4, 0.5) is 5.69 Å². The number of hydrogen-bond donors (Lipinski definition) is 2. The third kappa shape index (κ3) is 3.98. The quantitative estimate of drug-likeness (QED) is 0.598. The number of nitrogens with one attached hydrogen (secondary N) is 1. The third-order valence-electron chi connectivity index (χ3n) is 6.73. The molecule has 0 bridgehead atoms. The zero-order valence-corrected chi connectivity index (χ0v) is 19.1. The molecule has 1 atom stereocenters. The molecule has 2 aromatic rings. The van der Waals surface area contributed by atoms with Crippen LogP contribution in [0.3, 0.4) is 0 Å². The Hall–Kier alpha value is -4.54. The first kappa shape index (κ1) is 23.2. The van der Waals surface area contributed by atoms with E-state index in [9.17, 15) is 28.8 Å². The minimum atomic E-state index is -1.06. The minimum absolute atomic E-state index is 0.0573. The van der Waals surface area contributed by atoms with Crippen molar-refractivity contribution >= 4 is 41.2 Å². The van der Waals surface area contributed by atoms with E-state index in [1.54, 1.807) is 23.1 Å². The van der Waals surface area contributed by atoms with Gasteiger partial charge in [0.25, 0.3) is 17.7 Å². The van der Waals surface area contributed by atoms with Crippen molar-refractivity contribution in [1.82, 2.24) is 15.1 Å². The van der Waals surface area contributed by atoms with Crippen LogP contribution in [0, 0.1) is 0 Å². The second-order valence-corrected chi connectivity index (χ2v) is 8.84. The molecule has 5 amide bonds. The fraction of sp³-hybridized carbons (Fsp3) is 0.280. The molecule has 3 heterocycles. The molecule has 3 aliphatic heterocycles. The number of fused-ring (bicyclic) bond motifs is 1. The monoisotopic (exact) mass is 490 g/mol. The number of benzene rings is 2. The van der Waals surface area contributed by atoms with E-state index in [0.717, 1.165) is 10.6 Å². The zero-order valence-electron chi connectivity index (χ0n) is 19.1. The van der Waals surface area contributed by atoms with E-state index in [-0.39, 0.29) is 35.4 Å². The van der Waals surface area contributed by atoms with Crippen molar-refractivity contribution in [1.29, 1.82) is 0 Å². The Morgan fingerprint density at radius 2 is 1.47 bits per heavy atom. The van der Waals surface area contributed by atoms with E-state index >= 15 is 0 Å². The second kappa shape index (κ2) is 8.91. The van der Waals surface area contributed by atoms with Gasteiger partial charge in [-0.3, -0.25) is 34.2 Å². The SMILES string of the molecule is O=C1CCC(N2C(=O)c3ccc(N4CCN(C(=O)c5ccc(C(=O)O)cc5)CC4)cc3C2=O)C(=O)N1. The van der Waals surface area contributed by atoms with Gasteiger partial charge in [0.1, 0.15) is 6.04 Å². The molecule has 2 saturated heterocycles. The van der Waals surface area contributed by atoms with E-state index in [2.05, 4.69) is 5.32 Å². The second-order valence-electron chi connectivity index (χ2n) is 8.84. The molecule has 0 spiro atoms. The van der Waals surface area contributed by atoms with Crippen molar-refractivity contribution in [2.45, 2.75) is 18.9 Å². The summed E-state index contributed by atoms with van der Waals surface area (Å²) in [4.78, 5) is 78.1. The molecule has 36 heavy (non-hydrogen) atoms. The molecule has 0 aliphatic carbocycles. The Morgan fingerprint density at radius 3 is 2.11 bits per heavy atom. The molecular formula is C25H22N4O7. The van der Waals surface area contributed by atoms with Crippen LogP contribution in [0.5, 0.6) is 0 Å². The molecule has 0 radical (unpaired) electrons. The number of amides is 5. The normalized spacial score (nSPS) is 19.9. The Bertz CT molecular complexity index is 1310. The summed E-state index contributed by atoms with van der Waals surface area (Å²) in [5.74, 6) is -3.45. The maximum atomic E-state index is 13.1. The van der Waals surface area contributed by atoms with E-state index in [1.165, 1.54) is 24.3 Å². The van der Waals surface area contributed by atoms with Gasteiger partial charge in [-0.15, -0.1) is 0 Å². The lowest BCUT2D eigenvalue weighted by Gasteiger charge is -2.36. The van der Waals surface area contributed by atoms with Crippen LogP contribution in [0.15, 0.2) is 42.5 Å². The predicted octanol–water partition coefficient (Wildman–Crippen LogP) is 0.748. The van der Waals surface area contributed by atoms with E-state index in [0.29, 0.717) is 31.7 Å². The number of piperazine rings is 1.